The Balaban J connectivity index is 1.38. The van der Waals surface area contributed by atoms with Crippen molar-refractivity contribution < 1.29 is 9.59 Å². The Bertz CT molecular complexity index is 1060. The number of hydrogen-bond donors (Lipinski definition) is 3. The van der Waals surface area contributed by atoms with Gasteiger partial charge in [0.1, 0.15) is 0 Å². The Morgan fingerprint density at radius 3 is 2.18 bits per heavy atom. The molecule has 0 spiro atoms. The van der Waals surface area contributed by atoms with Crippen LogP contribution in [0.25, 0.3) is 0 Å². The van der Waals surface area contributed by atoms with Gasteiger partial charge in [-0.15, -0.1) is 0 Å². The van der Waals surface area contributed by atoms with Gasteiger partial charge in [-0.2, -0.15) is 0 Å². The average molecular weight is 443 g/mol. The van der Waals surface area contributed by atoms with Gasteiger partial charge in [0.15, 0.2) is 0 Å². The van der Waals surface area contributed by atoms with Gasteiger partial charge >= 0.3 is 0 Å². The van der Waals surface area contributed by atoms with Gasteiger partial charge in [0, 0.05) is 30.7 Å². The first kappa shape index (κ1) is 22.6. The lowest BCUT2D eigenvalue weighted by Gasteiger charge is -2.22. The van der Waals surface area contributed by atoms with Crippen molar-refractivity contribution in [3.05, 3.63) is 101 Å². The van der Waals surface area contributed by atoms with E-state index >= 15 is 0 Å². The number of hydrogen-bond acceptors (Lipinski definition) is 4. The zero-order chi connectivity index (χ0) is 23.2. The van der Waals surface area contributed by atoms with Crippen LogP contribution in [0.5, 0.6) is 0 Å². The van der Waals surface area contributed by atoms with Gasteiger partial charge < -0.3 is 21.7 Å². The second-order valence-corrected chi connectivity index (χ2v) is 8.56. The molecule has 0 aliphatic carbocycles. The van der Waals surface area contributed by atoms with Crippen LogP contribution in [0, 0.1) is 0 Å². The molecule has 1 aliphatic heterocycles. The lowest BCUT2D eigenvalue weighted by molar-refractivity contribution is 0.0923. The highest BCUT2D eigenvalue weighted by molar-refractivity contribution is 6.09. The van der Waals surface area contributed by atoms with Crippen molar-refractivity contribution in [1.82, 2.24) is 10.2 Å². The monoisotopic (exact) mass is 442 g/mol. The van der Waals surface area contributed by atoms with E-state index in [0.717, 1.165) is 32.5 Å². The first-order valence-electron chi connectivity index (χ1n) is 11.3. The first-order chi connectivity index (χ1) is 16.0. The van der Waals surface area contributed by atoms with Gasteiger partial charge in [0.05, 0.1) is 11.1 Å². The predicted octanol–water partition coefficient (Wildman–Crippen LogP) is 3.39. The maximum atomic E-state index is 12.8. The number of nitrogens with two attached hydrogens (primary N) is 2. The first-order valence-corrected chi connectivity index (χ1v) is 11.3. The summed E-state index contributed by atoms with van der Waals surface area (Å²) in [6, 6.07) is 26.0. The molecule has 4 rings (SSSR count). The van der Waals surface area contributed by atoms with Crippen LogP contribution in [0.3, 0.4) is 0 Å². The number of carbonyl (C=O) groups is 2. The maximum Gasteiger partial charge on any atom is 0.252 e. The minimum absolute atomic E-state index is 0.0200. The molecule has 1 heterocycles. The summed E-state index contributed by atoms with van der Waals surface area (Å²) in [7, 11) is 0. The highest BCUT2D eigenvalue weighted by Crippen LogP contribution is 2.28. The topological polar surface area (TPSA) is 101 Å². The summed E-state index contributed by atoms with van der Waals surface area (Å²) in [6.45, 7) is 2.63. The smallest absolute Gasteiger partial charge is 0.252 e. The molecule has 1 fully saturated rings. The van der Waals surface area contributed by atoms with Crippen molar-refractivity contribution in [2.24, 2.45) is 5.73 Å². The molecule has 1 saturated heterocycles. The zero-order valence-corrected chi connectivity index (χ0v) is 18.6. The maximum absolute atomic E-state index is 12.8. The molecule has 0 saturated carbocycles. The second kappa shape index (κ2) is 10.3. The normalized spacial score (nSPS) is 16.1. The van der Waals surface area contributed by atoms with Crippen LogP contribution in [-0.4, -0.2) is 42.4 Å². The van der Waals surface area contributed by atoms with Crippen LogP contribution in [-0.2, 0) is 0 Å². The molecule has 0 aromatic heterocycles. The summed E-state index contributed by atoms with van der Waals surface area (Å²) in [5.74, 6) is -0.681. The summed E-state index contributed by atoms with van der Waals surface area (Å²) in [6.07, 6.45) is 1.86. The highest BCUT2D eigenvalue weighted by atomic mass is 16.2. The van der Waals surface area contributed by atoms with Crippen molar-refractivity contribution in [3.8, 4) is 0 Å². The van der Waals surface area contributed by atoms with E-state index in [1.165, 1.54) is 11.1 Å². The van der Waals surface area contributed by atoms with Crippen molar-refractivity contribution in [2.45, 2.75) is 24.8 Å². The molecule has 33 heavy (non-hydrogen) atoms. The molecule has 2 amide bonds. The molecule has 0 radical (unpaired) electrons. The van der Waals surface area contributed by atoms with Gasteiger partial charge in [-0.05, 0) is 42.6 Å². The summed E-state index contributed by atoms with van der Waals surface area (Å²) in [4.78, 5) is 27.0. The molecule has 170 valence electrons. The average Bonchev–Trinajstić information content (AvgIpc) is 3.27. The van der Waals surface area contributed by atoms with E-state index in [-0.39, 0.29) is 28.8 Å². The number of nitrogens with zero attached hydrogens (tertiary/aromatic N) is 1. The van der Waals surface area contributed by atoms with Crippen LogP contribution in [0.2, 0.25) is 0 Å². The van der Waals surface area contributed by atoms with Gasteiger partial charge in [-0.3, -0.25) is 9.59 Å². The Kier molecular flexibility index (Phi) is 7.05. The SMILES string of the molecule is NC(=O)c1c(N)cccc1C(=O)NC1CCN(CCC(c2ccccc2)c2ccccc2)C1. The third-order valence-electron chi connectivity index (χ3n) is 6.33. The van der Waals surface area contributed by atoms with Crippen LogP contribution >= 0.6 is 0 Å². The van der Waals surface area contributed by atoms with Crippen LogP contribution < -0.4 is 16.8 Å². The van der Waals surface area contributed by atoms with Crippen LogP contribution in [0.1, 0.15) is 50.6 Å². The van der Waals surface area contributed by atoms with Crippen molar-refractivity contribution >= 4 is 17.5 Å². The van der Waals surface area contributed by atoms with Crippen molar-refractivity contribution in [2.75, 3.05) is 25.4 Å². The number of likely N-dealkylation sites (tertiary alicyclic amines) is 1. The minimum Gasteiger partial charge on any atom is -0.398 e. The van der Waals surface area contributed by atoms with E-state index in [1.807, 2.05) is 12.1 Å². The number of amides is 2. The molecule has 6 nitrogen and oxygen atoms in total. The lowest BCUT2D eigenvalue weighted by Crippen LogP contribution is -2.38. The summed E-state index contributed by atoms with van der Waals surface area (Å²) in [5, 5.41) is 3.05. The molecule has 6 heteroatoms. The fraction of sp³-hybridized carbons (Fsp3) is 0.259. The molecule has 1 atom stereocenters. The van der Waals surface area contributed by atoms with Gasteiger partial charge in [-0.1, -0.05) is 66.7 Å². The molecular formula is C27H30N4O2. The quantitative estimate of drug-likeness (QED) is 0.466. The zero-order valence-electron chi connectivity index (χ0n) is 18.6. The largest absolute Gasteiger partial charge is 0.398 e. The van der Waals surface area contributed by atoms with E-state index in [2.05, 4.69) is 58.7 Å². The third kappa shape index (κ3) is 5.41. The van der Waals surface area contributed by atoms with Crippen molar-refractivity contribution in [3.63, 3.8) is 0 Å². The van der Waals surface area contributed by atoms with Gasteiger partial charge in [0.2, 0.25) is 0 Å². The standard InChI is InChI=1S/C27H30N4O2/c28-24-13-7-12-23(25(24)26(29)32)27(33)30-21-14-16-31(18-21)17-15-22(19-8-3-1-4-9-19)20-10-5-2-6-11-20/h1-13,21-22H,14-18,28H2,(H2,29,32)(H,30,33). The van der Waals surface area contributed by atoms with E-state index < -0.39 is 5.91 Å². The molecular weight excluding hydrogens is 412 g/mol. The Morgan fingerprint density at radius 1 is 0.939 bits per heavy atom. The molecule has 0 bridgehead atoms. The number of rotatable bonds is 8. The molecule has 1 aliphatic rings. The van der Waals surface area contributed by atoms with Gasteiger partial charge in [0.25, 0.3) is 11.8 Å². The summed E-state index contributed by atoms with van der Waals surface area (Å²) >= 11 is 0. The number of nitrogens with one attached hydrogen (secondary N) is 1. The Morgan fingerprint density at radius 2 is 1.58 bits per heavy atom. The predicted molar refractivity (Wildman–Crippen MR) is 131 cm³/mol. The fourth-order valence-electron chi connectivity index (χ4n) is 4.66. The summed E-state index contributed by atoms with van der Waals surface area (Å²) in [5.41, 5.74) is 14.5. The third-order valence-corrected chi connectivity index (χ3v) is 6.33. The Labute approximate surface area is 194 Å². The van der Waals surface area contributed by atoms with E-state index in [1.54, 1.807) is 18.2 Å². The number of anilines is 1. The molecule has 5 N–H and O–H groups in total. The summed E-state index contributed by atoms with van der Waals surface area (Å²) < 4.78 is 0. The van der Waals surface area contributed by atoms with Crippen LogP contribution in [0.4, 0.5) is 5.69 Å². The minimum atomic E-state index is -0.695. The number of carbonyl (C=O) groups excluding carboxylic acids is 2. The molecule has 3 aromatic carbocycles. The van der Waals surface area contributed by atoms with Gasteiger partial charge in [-0.25, -0.2) is 0 Å². The molecule has 3 aromatic rings. The number of primary amides is 1. The van der Waals surface area contributed by atoms with E-state index in [0.29, 0.717) is 5.92 Å². The second-order valence-electron chi connectivity index (χ2n) is 8.56. The molecule has 1 unspecified atom stereocenters. The number of benzene rings is 3. The van der Waals surface area contributed by atoms with E-state index in [4.69, 9.17) is 11.5 Å². The highest BCUT2D eigenvalue weighted by Gasteiger charge is 2.27. The number of nitrogen functional groups attached to an aromatic ring is 1. The fourth-order valence-corrected chi connectivity index (χ4v) is 4.66. The van der Waals surface area contributed by atoms with Crippen LogP contribution in [0.15, 0.2) is 78.9 Å². The lowest BCUT2D eigenvalue weighted by atomic mass is 9.88. The van der Waals surface area contributed by atoms with E-state index in [9.17, 15) is 9.59 Å². The Hall–Kier alpha value is -3.64. The van der Waals surface area contributed by atoms with Crippen molar-refractivity contribution in [1.29, 1.82) is 0 Å².